The molecular formula is C15H17ClN2O. The molecule has 0 amide bonds. The summed E-state index contributed by atoms with van der Waals surface area (Å²) < 4.78 is 5.66. The maximum absolute atomic E-state index is 5.90. The Labute approximate surface area is 118 Å². The standard InChI is InChI=1S/C15H17ClN2O/c1-11-12(2)15(18-17-14(11)16)19-10-6-9-13-7-4-3-5-8-13/h3-5,7-8H,6,9-10H2,1-2H3. The summed E-state index contributed by atoms with van der Waals surface area (Å²) in [5.74, 6) is 0.579. The van der Waals surface area contributed by atoms with E-state index in [1.165, 1.54) is 5.56 Å². The Morgan fingerprint density at radius 2 is 1.79 bits per heavy atom. The second-order valence-electron chi connectivity index (χ2n) is 4.48. The first-order valence-electron chi connectivity index (χ1n) is 6.34. The van der Waals surface area contributed by atoms with Gasteiger partial charge in [0.1, 0.15) is 0 Å². The highest BCUT2D eigenvalue weighted by molar-refractivity contribution is 6.30. The van der Waals surface area contributed by atoms with E-state index in [-0.39, 0.29) is 0 Å². The number of nitrogens with zero attached hydrogens (tertiary/aromatic N) is 2. The number of rotatable bonds is 5. The first kappa shape index (κ1) is 13.8. The van der Waals surface area contributed by atoms with Crippen molar-refractivity contribution in [3.8, 4) is 5.88 Å². The average Bonchev–Trinajstić information content (AvgIpc) is 2.44. The fourth-order valence-electron chi connectivity index (χ4n) is 1.78. The number of hydrogen-bond acceptors (Lipinski definition) is 3. The van der Waals surface area contributed by atoms with Crippen molar-refractivity contribution in [2.45, 2.75) is 26.7 Å². The van der Waals surface area contributed by atoms with Crippen molar-refractivity contribution >= 4 is 11.6 Å². The SMILES string of the molecule is Cc1c(Cl)nnc(OCCCc2ccccc2)c1C. The number of ether oxygens (including phenoxy) is 1. The number of aromatic nitrogens is 2. The largest absolute Gasteiger partial charge is 0.476 e. The number of hydrogen-bond donors (Lipinski definition) is 0. The lowest BCUT2D eigenvalue weighted by atomic mass is 10.1. The molecular weight excluding hydrogens is 260 g/mol. The van der Waals surface area contributed by atoms with Gasteiger partial charge in [-0.15, -0.1) is 10.2 Å². The molecule has 1 heterocycles. The Bertz CT molecular complexity index is 543. The predicted molar refractivity (Wildman–Crippen MR) is 76.8 cm³/mol. The molecule has 4 heteroatoms. The predicted octanol–water partition coefficient (Wildman–Crippen LogP) is 3.76. The first-order chi connectivity index (χ1) is 9.18. The zero-order valence-electron chi connectivity index (χ0n) is 11.2. The molecule has 0 aliphatic carbocycles. The van der Waals surface area contributed by atoms with Crippen molar-refractivity contribution in [1.29, 1.82) is 0 Å². The highest BCUT2D eigenvalue weighted by atomic mass is 35.5. The summed E-state index contributed by atoms with van der Waals surface area (Å²) in [7, 11) is 0. The Hall–Kier alpha value is -1.61. The molecule has 0 spiro atoms. The van der Waals surface area contributed by atoms with Gasteiger partial charge in [-0.25, -0.2) is 0 Å². The van der Waals surface area contributed by atoms with Crippen LogP contribution in [-0.2, 0) is 6.42 Å². The van der Waals surface area contributed by atoms with E-state index in [2.05, 4.69) is 22.3 Å². The quantitative estimate of drug-likeness (QED) is 0.780. The van der Waals surface area contributed by atoms with Crippen LogP contribution in [-0.4, -0.2) is 16.8 Å². The van der Waals surface area contributed by atoms with Crippen LogP contribution in [0.5, 0.6) is 5.88 Å². The van der Waals surface area contributed by atoms with Gasteiger partial charge in [0, 0.05) is 5.56 Å². The molecule has 0 bridgehead atoms. The van der Waals surface area contributed by atoms with Crippen molar-refractivity contribution in [1.82, 2.24) is 10.2 Å². The van der Waals surface area contributed by atoms with Gasteiger partial charge in [-0.1, -0.05) is 41.9 Å². The summed E-state index contributed by atoms with van der Waals surface area (Å²) in [5, 5.41) is 8.28. The van der Waals surface area contributed by atoms with Crippen molar-refractivity contribution in [3.63, 3.8) is 0 Å². The lowest BCUT2D eigenvalue weighted by Gasteiger charge is -2.09. The van der Waals surface area contributed by atoms with Crippen LogP contribution in [0.15, 0.2) is 30.3 Å². The summed E-state index contributed by atoms with van der Waals surface area (Å²) in [6, 6.07) is 10.4. The maximum Gasteiger partial charge on any atom is 0.236 e. The molecule has 0 atom stereocenters. The van der Waals surface area contributed by atoms with Gasteiger partial charge >= 0.3 is 0 Å². The van der Waals surface area contributed by atoms with Crippen LogP contribution in [0, 0.1) is 13.8 Å². The van der Waals surface area contributed by atoms with Gasteiger partial charge in [-0.05, 0) is 37.8 Å². The van der Waals surface area contributed by atoms with Crippen LogP contribution >= 0.6 is 11.6 Å². The molecule has 3 nitrogen and oxygen atoms in total. The van der Waals surface area contributed by atoms with E-state index < -0.39 is 0 Å². The number of halogens is 1. The molecule has 0 N–H and O–H groups in total. The van der Waals surface area contributed by atoms with Crippen LogP contribution in [0.4, 0.5) is 0 Å². The molecule has 100 valence electrons. The van der Waals surface area contributed by atoms with Gasteiger partial charge in [0.2, 0.25) is 5.88 Å². The van der Waals surface area contributed by atoms with Crippen molar-refractivity contribution in [2.24, 2.45) is 0 Å². The summed E-state index contributed by atoms with van der Waals surface area (Å²) in [4.78, 5) is 0. The summed E-state index contributed by atoms with van der Waals surface area (Å²) >= 11 is 5.90. The summed E-state index contributed by atoms with van der Waals surface area (Å²) in [6.45, 7) is 4.50. The highest BCUT2D eigenvalue weighted by Crippen LogP contribution is 2.22. The van der Waals surface area contributed by atoms with Crippen LogP contribution < -0.4 is 4.74 Å². The molecule has 0 aliphatic heterocycles. The van der Waals surface area contributed by atoms with Crippen molar-refractivity contribution < 1.29 is 4.74 Å². The first-order valence-corrected chi connectivity index (χ1v) is 6.72. The third-order valence-electron chi connectivity index (χ3n) is 3.11. The molecule has 2 aromatic rings. The van der Waals surface area contributed by atoms with Gasteiger partial charge in [-0.3, -0.25) is 0 Å². The monoisotopic (exact) mass is 276 g/mol. The Balaban J connectivity index is 1.85. The van der Waals surface area contributed by atoms with Crippen LogP contribution in [0.1, 0.15) is 23.1 Å². The summed E-state index contributed by atoms with van der Waals surface area (Å²) in [6.07, 6.45) is 1.95. The molecule has 0 aliphatic rings. The van der Waals surface area contributed by atoms with E-state index in [0.717, 1.165) is 24.0 Å². The lowest BCUT2D eigenvalue weighted by Crippen LogP contribution is -2.04. The van der Waals surface area contributed by atoms with Crippen LogP contribution in [0.2, 0.25) is 5.15 Å². The molecule has 19 heavy (non-hydrogen) atoms. The minimum atomic E-state index is 0.439. The van der Waals surface area contributed by atoms with Crippen molar-refractivity contribution in [3.05, 3.63) is 52.2 Å². The van der Waals surface area contributed by atoms with Gasteiger partial charge in [0.05, 0.1) is 6.61 Å². The molecule has 0 radical (unpaired) electrons. The zero-order valence-corrected chi connectivity index (χ0v) is 11.9. The van der Waals surface area contributed by atoms with E-state index >= 15 is 0 Å². The summed E-state index contributed by atoms with van der Waals surface area (Å²) in [5.41, 5.74) is 3.20. The third-order valence-corrected chi connectivity index (χ3v) is 3.47. The second-order valence-corrected chi connectivity index (χ2v) is 4.84. The maximum atomic E-state index is 5.90. The average molecular weight is 277 g/mol. The smallest absolute Gasteiger partial charge is 0.236 e. The van der Waals surface area contributed by atoms with Crippen LogP contribution in [0.3, 0.4) is 0 Å². The Morgan fingerprint density at radius 3 is 2.53 bits per heavy atom. The highest BCUT2D eigenvalue weighted by Gasteiger charge is 2.08. The Morgan fingerprint density at radius 1 is 1.05 bits per heavy atom. The molecule has 0 fully saturated rings. The minimum Gasteiger partial charge on any atom is -0.476 e. The fourth-order valence-corrected chi connectivity index (χ4v) is 1.96. The zero-order chi connectivity index (χ0) is 13.7. The van der Waals surface area contributed by atoms with E-state index in [4.69, 9.17) is 16.3 Å². The van der Waals surface area contributed by atoms with Crippen LogP contribution in [0.25, 0.3) is 0 Å². The topological polar surface area (TPSA) is 35.0 Å². The lowest BCUT2D eigenvalue weighted by molar-refractivity contribution is 0.293. The molecule has 0 saturated carbocycles. The van der Waals surface area contributed by atoms with E-state index in [0.29, 0.717) is 17.6 Å². The van der Waals surface area contributed by atoms with Gasteiger partial charge < -0.3 is 4.74 Å². The van der Waals surface area contributed by atoms with Gasteiger partial charge in [-0.2, -0.15) is 0 Å². The van der Waals surface area contributed by atoms with E-state index in [1.807, 2.05) is 32.0 Å². The Kier molecular flexibility index (Phi) is 4.74. The third kappa shape index (κ3) is 3.67. The molecule has 1 aromatic heterocycles. The normalized spacial score (nSPS) is 10.5. The molecule has 1 aromatic carbocycles. The molecule has 0 saturated heterocycles. The van der Waals surface area contributed by atoms with Gasteiger partial charge in [0.25, 0.3) is 0 Å². The molecule has 0 unspecified atom stereocenters. The van der Waals surface area contributed by atoms with Gasteiger partial charge in [0.15, 0.2) is 5.15 Å². The number of benzene rings is 1. The van der Waals surface area contributed by atoms with Crippen molar-refractivity contribution in [2.75, 3.05) is 6.61 Å². The number of aryl methyl sites for hydroxylation is 1. The second kappa shape index (κ2) is 6.53. The molecule has 2 rings (SSSR count). The fraction of sp³-hybridized carbons (Fsp3) is 0.333. The van der Waals surface area contributed by atoms with E-state index in [1.54, 1.807) is 0 Å². The minimum absolute atomic E-state index is 0.439. The van der Waals surface area contributed by atoms with E-state index in [9.17, 15) is 0 Å².